The van der Waals surface area contributed by atoms with Crippen LogP contribution in [-0.2, 0) is 0 Å². The van der Waals surface area contributed by atoms with Gasteiger partial charge in [-0.3, -0.25) is 0 Å². The predicted molar refractivity (Wildman–Crippen MR) is 38.2 cm³/mol. The van der Waals surface area contributed by atoms with Gasteiger partial charge < -0.3 is 5.11 Å². The first-order valence-electron chi connectivity index (χ1n) is 3.99. The van der Waals surface area contributed by atoms with Crippen LogP contribution >= 0.6 is 0 Å². The molecule has 0 aromatic carbocycles. The Kier molecular flexibility index (Phi) is 2.52. The second-order valence-corrected chi connectivity index (χ2v) is 3.04. The van der Waals surface area contributed by atoms with Crippen molar-refractivity contribution < 1.29 is 5.11 Å². The Morgan fingerprint density at radius 1 is 1.33 bits per heavy atom. The zero-order chi connectivity index (χ0) is 6.69. The normalized spacial score (nSPS) is 35.3. The minimum atomic E-state index is 0.415. The maximum Gasteiger partial charge on any atom is 0.0461 e. The molecule has 9 heavy (non-hydrogen) atoms. The Morgan fingerprint density at radius 3 is 2.44 bits per heavy atom. The minimum Gasteiger partial charge on any atom is -0.396 e. The highest BCUT2D eigenvalue weighted by molar-refractivity contribution is 4.75. The lowest BCUT2D eigenvalue weighted by atomic mass is 9.95. The van der Waals surface area contributed by atoms with Gasteiger partial charge in [0.15, 0.2) is 0 Å². The van der Waals surface area contributed by atoms with Gasteiger partial charge in [-0.15, -0.1) is 0 Å². The third-order valence-corrected chi connectivity index (χ3v) is 2.58. The Morgan fingerprint density at radius 2 is 2.00 bits per heavy atom. The summed E-state index contributed by atoms with van der Waals surface area (Å²) in [6.45, 7) is 2.64. The highest BCUT2D eigenvalue weighted by Crippen LogP contribution is 2.33. The van der Waals surface area contributed by atoms with Crippen molar-refractivity contribution in [2.75, 3.05) is 6.61 Å². The van der Waals surface area contributed by atoms with E-state index < -0.39 is 0 Å². The number of aliphatic hydroxyl groups excluding tert-OH is 1. The minimum absolute atomic E-state index is 0.415. The van der Waals surface area contributed by atoms with Crippen LogP contribution in [0.4, 0.5) is 0 Å². The number of hydrogen-bond donors (Lipinski definition) is 1. The second kappa shape index (κ2) is 3.21. The zero-order valence-electron chi connectivity index (χ0n) is 6.14. The zero-order valence-corrected chi connectivity index (χ0v) is 6.14. The lowest BCUT2D eigenvalue weighted by molar-refractivity contribution is 0.192. The summed E-state index contributed by atoms with van der Waals surface area (Å²) in [5.74, 6) is 1.46. The molecule has 0 spiro atoms. The summed E-state index contributed by atoms with van der Waals surface area (Å²) >= 11 is 0. The van der Waals surface area contributed by atoms with Crippen molar-refractivity contribution in [1.82, 2.24) is 0 Å². The van der Waals surface area contributed by atoms with Gasteiger partial charge in [0.25, 0.3) is 0 Å². The van der Waals surface area contributed by atoms with Gasteiger partial charge in [0.2, 0.25) is 0 Å². The van der Waals surface area contributed by atoms with E-state index in [1.165, 1.54) is 25.7 Å². The van der Waals surface area contributed by atoms with Gasteiger partial charge in [0.05, 0.1) is 0 Å². The molecule has 1 aliphatic carbocycles. The fourth-order valence-electron chi connectivity index (χ4n) is 1.89. The van der Waals surface area contributed by atoms with Crippen molar-refractivity contribution in [3.05, 3.63) is 0 Å². The largest absolute Gasteiger partial charge is 0.396 e. The van der Waals surface area contributed by atoms with Gasteiger partial charge in [-0.25, -0.2) is 0 Å². The molecular weight excluding hydrogens is 112 g/mol. The fourth-order valence-corrected chi connectivity index (χ4v) is 1.89. The van der Waals surface area contributed by atoms with Crippen molar-refractivity contribution in [2.45, 2.75) is 32.6 Å². The van der Waals surface area contributed by atoms with Crippen molar-refractivity contribution in [3.8, 4) is 0 Å². The Labute approximate surface area is 57.1 Å². The van der Waals surface area contributed by atoms with E-state index in [0.29, 0.717) is 12.5 Å². The summed E-state index contributed by atoms with van der Waals surface area (Å²) in [5.41, 5.74) is 0. The Hall–Kier alpha value is -0.0400. The predicted octanol–water partition coefficient (Wildman–Crippen LogP) is 1.81. The van der Waals surface area contributed by atoms with Gasteiger partial charge in [-0.2, -0.15) is 0 Å². The highest BCUT2D eigenvalue weighted by Gasteiger charge is 2.24. The van der Waals surface area contributed by atoms with E-state index in [1.807, 2.05) is 0 Å². The molecule has 54 valence electrons. The van der Waals surface area contributed by atoms with Gasteiger partial charge in [0, 0.05) is 6.61 Å². The molecule has 1 saturated carbocycles. The lowest BCUT2D eigenvalue weighted by Crippen LogP contribution is -2.10. The molecule has 1 rings (SSSR count). The molecule has 0 saturated heterocycles. The van der Waals surface area contributed by atoms with Crippen LogP contribution in [0.25, 0.3) is 0 Å². The van der Waals surface area contributed by atoms with Gasteiger partial charge in [0.1, 0.15) is 0 Å². The second-order valence-electron chi connectivity index (χ2n) is 3.04. The Balaban J connectivity index is 2.32. The molecule has 0 bridgehead atoms. The standard InChI is InChI=1S/C8H16O/c1-2-7-4-3-5-8(7)6-9/h7-9H,2-6H2,1H3/t7-,8-/m1/s1. The lowest BCUT2D eigenvalue weighted by Gasteiger charge is -2.13. The topological polar surface area (TPSA) is 20.2 Å². The van der Waals surface area contributed by atoms with Gasteiger partial charge >= 0.3 is 0 Å². The molecule has 1 heteroatoms. The average Bonchev–Trinajstić information content (AvgIpc) is 2.33. The van der Waals surface area contributed by atoms with E-state index in [2.05, 4.69) is 6.92 Å². The van der Waals surface area contributed by atoms with Crippen molar-refractivity contribution in [3.63, 3.8) is 0 Å². The molecule has 2 atom stereocenters. The molecule has 1 aliphatic rings. The Bertz CT molecular complexity index is 70.6. The summed E-state index contributed by atoms with van der Waals surface area (Å²) in [6.07, 6.45) is 5.20. The van der Waals surface area contributed by atoms with Crippen LogP contribution in [0, 0.1) is 11.8 Å². The smallest absolute Gasteiger partial charge is 0.0461 e. The van der Waals surface area contributed by atoms with Crippen molar-refractivity contribution in [1.29, 1.82) is 0 Å². The molecule has 0 aromatic rings. The molecular formula is C8H16O. The summed E-state index contributed by atoms with van der Waals surface area (Å²) in [4.78, 5) is 0. The number of aliphatic hydroxyl groups is 1. The van der Waals surface area contributed by atoms with Crippen LogP contribution in [0.15, 0.2) is 0 Å². The van der Waals surface area contributed by atoms with Gasteiger partial charge in [-0.05, 0) is 18.3 Å². The summed E-state index contributed by atoms with van der Waals surface area (Å²) in [7, 11) is 0. The molecule has 0 aromatic heterocycles. The van der Waals surface area contributed by atoms with Crippen LogP contribution in [-0.4, -0.2) is 11.7 Å². The van der Waals surface area contributed by atoms with Crippen LogP contribution in [0.5, 0.6) is 0 Å². The van der Waals surface area contributed by atoms with Crippen LogP contribution in [0.2, 0.25) is 0 Å². The van der Waals surface area contributed by atoms with E-state index in [4.69, 9.17) is 5.11 Å². The average molecular weight is 128 g/mol. The van der Waals surface area contributed by atoms with Crippen LogP contribution < -0.4 is 0 Å². The molecule has 0 aliphatic heterocycles. The van der Waals surface area contributed by atoms with E-state index in [9.17, 15) is 0 Å². The van der Waals surface area contributed by atoms with Crippen molar-refractivity contribution >= 4 is 0 Å². The molecule has 0 amide bonds. The molecule has 0 heterocycles. The van der Waals surface area contributed by atoms with Gasteiger partial charge in [-0.1, -0.05) is 26.2 Å². The maximum absolute atomic E-state index is 8.87. The number of rotatable bonds is 2. The maximum atomic E-state index is 8.87. The molecule has 1 N–H and O–H groups in total. The van der Waals surface area contributed by atoms with Crippen LogP contribution in [0.3, 0.4) is 0 Å². The first-order valence-corrected chi connectivity index (χ1v) is 3.99. The third kappa shape index (κ3) is 1.45. The number of hydrogen-bond acceptors (Lipinski definition) is 1. The van der Waals surface area contributed by atoms with E-state index >= 15 is 0 Å². The monoisotopic (exact) mass is 128 g/mol. The first-order chi connectivity index (χ1) is 4.38. The summed E-state index contributed by atoms with van der Waals surface area (Å²) < 4.78 is 0. The van der Waals surface area contributed by atoms with E-state index in [0.717, 1.165) is 5.92 Å². The fraction of sp³-hybridized carbons (Fsp3) is 1.00. The third-order valence-electron chi connectivity index (χ3n) is 2.58. The quantitative estimate of drug-likeness (QED) is 0.601. The highest BCUT2D eigenvalue weighted by atomic mass is 16.3. The van der Waals surface area contributed by atoms with E-state index in [1.54, 1.807) is 0 Å². The SMILES string of the molecule is CC[C@@H]1CCC[C@@H]1CO. The molecule has 1 fully saturated rings. The van der Waals surface area contributed by atoms with Crippen LogP contribution in [0.1, 0.15) is 32.6 Å². The molecule has 0 radical (unpaired) electrons. The summed E-state index contributed by atoms with van der Waals surface area (Å²) in [6, 6.07) is 0. The molecule has 1 nitrogen and oxygen atoms in total. The summed E-state index contributed by atoms with van der Waals surface area (Å²) in [5, 5.41) is 8.87. The first kappa shape index (κ1) is 7.07. The molecule has 0 unspecified atom stereocenters. The van der Waals surface area contributed by atoms with E-state index in [-0.39, 0.29) is 0 Å². The van der Waals surface area contributed by atoms with Crippen molar-refractivity contribution in [2.24, 2.45) is 11.8 Å².